The third-order valence-electron chi connectivity index (χ3n) is 3.86. The average Bonchev–Trinajstić information content (AvgIpc) is 2.43. The molecule has 0 bridgehead atoms. The van der Waals surface area contributed by atoms with Crippen LogP contribution in [0.25, 0.3) is 0 Å². The predicted molar refractivity (Wildman–Crippen MR) is 99.5 cm³/mol. The van der Waals surface area contributed by atoms with Crippen LogP contribution in [0.4, 0.5) is 0 Å². The van der Waals surface area contributed by atoms with Crippen LogP contribution >= 0.6 is 0 Å². The van der Waals surface area contributed by atoms with Crippen molar-refractivity contribution >= 4 is 21.9 Å². The average molecular weight is 384 g/mol. The zero-order valence-corrected chi connectivity index (χ0v) is 16.7. The van der Waals surface area contributed by atoms with Gasteiger partial charge in [0.1, 0.15) is 6.04 Å². The third-order valence-corrected chi connectivity index (χ3v) is 5.62. The van der Waals surface area contributed by atoms with Crippen molar-refractivity contribution in [2.75, 3.05) is 6.54 Å². The molecule has 0 aliphatic carbocycles. The van der Waals surface area contributed by atoms with Crippen LogP contribution in [0.1, 0.15) is 43.4 Å². The Bertz CT molecular complexity index is 749. The van der Waals surface area contributed by atoms with Gasteiger partial charge in [0.2, 0.25) is 15.9 Å². The first-order valence-electron chi connectivity index (χ1n) is 8.53. The second-order valence-electron chi connectivity index (χ2n) is 6.96. The van der Waals surface area contributed by atoms with Gasteiger partial charge in [0.05, 0.1) is 4.90 Å². The topological polar surface area (TPSA) is 113 Å². The highest BCUT2D eigenvalue weighted by atomic mass is 32.2. The van der Waals surface area contributed by atoms with Gasteiger partial charge in [-0.25, -0.2) is 17.9 Å². The minimum Gasteiger partial charge on any atom is -0.480 e. The van der Waals surface area contributed by atoms with Gasteiger partial charge in [-0.2, -0.15) is 0 Å². The maximum atomic E-state index is 12.5. The molecule has 1 aromatic carbocycles. The molecule has 1 atom stereocenters. The summed E-state index contributed by atoms with van der Waals surface area (Å²) in [5.74, 6) is -1.49. The van der Waals surface area contributed by atoms with E-state index < -0.39 is 27.9 Å². The van der Waals surface area contributed by atoms with Crippen LogP contribution in [-0.4, -0.2) is 38.0 Å². The molecule has 0 aliphatic rings. The van der Waals surface area contributed by atoms with Crippen molar-refractivity contribution in [2.24, 2.45) is 5.92 Å². The van der Waals surface area contributed by atoms with Crippen molar-refractivity contribution in [3.8, 4) is 0 Å². The van der Waals surface area contributed by atoms with Crippen LogP contribution in [0, 0.1) is 26.7 Å². The molecule has 26 heavy (non-hydrogen) atoms. The predicted octanol–water partition coefficient (Wildman–Crippen LogP) is 1.90. The maximum Gasteiger partial charge on any atom is 0.326 e. The normalized spacial score (nSPS) is 12.8. The van der Waals surface area contributed by atoms with E-state index in [4.69, 9.17) is 5.11 Å². The highest BCUT2D eigenvalue weighted by molar-refractivity contribution is 7.89. The fraction of sp³-hybridized carbons (Fsp3) is 0.556. The Kier molecular flexibility index (Phi) is 7.77. The number of nitrogens with one attached hydrogen (secondary N) is 2. The van der Waals surface area contributed by atoms with Crippen LogP contribution in [-0.2, 0) is 19.6 Å². The Balaban J connectivity index is 2.69. The maximum absolute atomic E-state index is 12.5. The number of carboxylic acid groups (broad SMARTS) is 1. The van der Waals surface area contributed by atoms with Crippen molar-refractivity contribution in [1.29, 1.82) is 0 Å². The number of hydrogen-bond acceptors (Lipinski definition) is 4. The van der Waals surface area contributed by atoms with Crippen LogP contribution in [0.15, 0.2) is 17.0 Å². The van der Waals surface area contributed by atoms with E-state index in [9.17, 15) is 18.0 Å². The summed E-state index contributed by atoms with van der Waals surface area (Å²) in [5.41, 5.74) is 2.26. The number of benzene rings is 1. The summed E-state index contributed by atoms with van der Waals surface area (Å²) < 4.78 is 27.4. The summed E-state index contributed by atoms with van der Waals surface area (Å²) in [5, 5.41) is 11.6. The monoisotopic (exact) mass is 384 g/mol. The molecule has 1 aromatic rings. The van der Waals surface area contributed by atoms with E-state index in [0.29, 0.717) is 17.5 Å². The third kappa shape index (κ3) is 6.42. The van der Waals surface area contributed by atoms with Crippen molar-refractivity contribution < 1.29 is 23.1 Å². The van der Waals surface area contributed by atoms with Gasteiger partial charge < -0.3 is 10.4 Å². The number of carboxylic acids is 1. The number of aliphatic carboxylic acids is 1. The summed E-state index contributed by atoms with van der Waals surface area (Å²) in [6.45, 7) is 8.97. The first-order chi connectivity index (χ1) is 11.9. The fourth-order valence-corrected chi connectivity index (χ4v) is 4.40. The Morgan fingerprint density at radius 1 is 1.12 bits per heavy atom. The molecule has 8 heteroatoms. The molecule has 0 saturated heterocycles. The molecule has 0 fully saturated rings. The number of amides is 1. The first-order valence-corrected chi connectivity index (χ1v) is 10.0. The zero-order chi connectivity index (χ0) is 20.1. The van der Waals surface area contributed by atoms with E-state index >= 15 is 0 Å². The second-order valence-corrected chi connectivity index (χ2v) is 8.67. The number of carbonyl (C=O) groups excluding carboxylic acids is 1. The molecule has 7 nitrogen and oxygen atoms in total. The molecule has 0 aliphatic heterocycles. The SMILES string of the molecule is Cc1cc(C)c(S(=O)(=O)NCCC(=O)N[C@H](CC(C)C)C(=O)O)c(C)c1. The highest BCUT2D eigenvalue weighted by Gasteiger charge is 2.22. The lowest BCUT2D eigenvalue weighted by molar-refractivity contribution is -0.142. The molecule has 0 radical (unpaired) electrons. The Morgan fingerprint density at radius 3 is 2.12 bits per heavy atom. The summed E-state index contributed by atoms with van der Waals surface area (Å²) >= 11 is 0. The van der Waals surface area contributed by atoms with Crippen LogP contribution in [0.2, 0.25) is 0 Å². The Morgan fingerprint density at radius 2 is 1.65 bits per heavy atom. The van der Waals surface area contributed by atoms with Crippen molar-refractivity contribution in [1.82, 2.24) is 10.0 Å². The van der Waals surface area contributed by atoms with Gasteiger partial charge in [0.15, 0.2) is 0 Å². The molecule has 1 rings (SSSR count). The molecule has 0 heterocycles. The Hall–Kier alpha value is -1.93. The summed E-state index contributed by atoms with van der Waals surface area (Å²) in [6, 6.07) is 2.61. The van der Waals surface area contributed by atoms with E-state index in [0.717, 1.165) is 5.56 Å². The lowest BCUT2D eigenvalue weighted by Gasteiger charge is -2.17. The molecule has 3 N–H and O–H groups in total. The largest absolute Gasteiger partial charge is 0.480 e. The van der Waals surface area contributed by atoms with Crippen LogP contribution in [0.5, 0.6) is 0 Å². The number of hydrogen-bond donors (Lipinski definition) is 3. The molecule has 1 amide bonds. The van der Waals surface area contributed by atoms with Gasteiger partial charge in [-0.3, -0.25) is 4.79 Å². The van der Waals surface area contributed by atoms with Crippen LogP contribution in [0.3, 0.4) is 0 Å². The van der Waals surface area contributed by atoms with E-state index in [1.807, 2.05) is 20.8 Å². The molecular formula is C18H28N2O5S. The van der Waals surface area contributed by atoms with E-state index in [-0.39, 0.29) is 23.8 Å². The lowest BCUT2D eigenvalue weighted by Crippen LogP contribution is -2.42. The molecule has 0 saturated carbocycles. The molecule has 146 valence electrons. The van der Waals surface area contributed by atoms with Gasteiger partial charge in [-0.15, -0.1) is 0 Å². The number of rotatable bonds is 9. The molecular weight excluding hydrogens is 356 g/mol. The zero-order valence-electron chi connectivity index (χ0n) is 15.9. The van der Waals surface area contributed by atoms with Gasteiger partial charge in [0.25, 0.3) is 0 Å². The smallest absolute Gasteiger partial charge is 0.326 e. The molecule has 0 spiro atoms. The summed E-state index contributed by atoms with van der Waals surface area (Å²) in [4.78, 5) is 23.3. The minimum atomic E-state index is -3.74. The first kappa shape index (κ1) is 22.1. The number of aryl methyl sites for hydroxylation is 3. The van der Waals surface area contributed by atoms with Gasteiger partial charge >= 0.3 is 5.97 Å². The van der Waals surface area contributed by atoms with Gasteiger partial charge in [-0.1, -0.05) is 31.5 Å². The quantitative estimate of drug-likeness (QED) is 0.602. The fourth-order valence-electron chi connectivity index (χ4n) is 2.92. The standard InChI is InChI=1S/C18H28N2O5S/c1-11(2)8-15(18(22)23)20-16(21)6-7-19-26(24,25)17-13(4)9-12(3)10-14(17)5/h9-11,15,19H,6-8H2,1-5H3,(H,20,21)(H,22,23)/t15-/m1/s1. The summed E-state index contributed by atoms with van der Waals surface area (Å²) in [7, 11) is -3.74. The van der Waals surface area contributed by atoms with Gasteiger partial charge in [-0.05, 0) is 44.2 Å². The second kappa shape index (κ2) is 9.14. The minimum absolute atomic E-state index is 0.102. The number of carbonyl (C=O) groups is 2. The molecule has 0 aromatic heterocycles. The Labute approximate surface area is 155 Å². The van der Waals surface area contributed by atoms with Crippen molar-refractivity contribution in [2.45, 2.75) is 58.4 Å². The van der Waals surface area contributed by atoms with Crippen molar-refractivity contribution in [3.05, 3.63) is 28.8 Å². The number of sulfonamides is 1. The van der Waals surface area contributed by atoms with E-state index in [1.54, 1.807) is 26.0 Å². The van der Waals surface area contributed by atoms with Crippen LogP contribution < -0.4 is 10.0 Å². The van der Waals surface area contributed by atoms with Gasteiger partial charge in [0, 0.05) is 13.0 Å². The van der Waals surface area contributed by atoms with E-state index in [1.165, 1.54) is 0 Å². The lowest BCUT2D eigenvalue weighted by atomic mass is 10.0. The highest BCUT2D eigenvalue weighted by Crippen LogP contribution is 2.21. The van der Waals surface area contributed by atoms with Crippen molar-refractivity contribution in [3.63, 3.8) is 0 Å². The molecule has 0 unspecified atom stereocenters. The summed E-state index contributed by atoms with van der Waals surface area (Å²) in [6.07, 6.45) is 0.180. The van der Waals surface area contributed by atoms with E-state index in [2.05, 4.69) is 10.0 Å².